The lowest BCUT2D eigenvalue weighted by atomic mass is 9.57. The van der Waals surface area contributed by atoms with Crippen LogP contribution in [0.5, 0.6) is 0 Å². The number of benzene rings is 1. The lowest BCUT2D eigenvalue weighted by Gasteiger charge is -2.55. The minimum atomic E-state index is -0.553. The number of rotatable bonds is 3. The maximum absolute atomic E-state index is 13.9. The molecule has 3 N–H and O–H groups in total. The van der Waals surface area contributed by atoms with Crippen molar-refractivity contribution in [3.05, 3.63) is 29.6 Å². The second-order valence-electron chi connectivity index (χ2n) is 6.25. The standard InChI is InChI=1S/C15H19FN2O2/c1-15(2)12(9-5-6-20-13(9)15)18-11-7-8(14(17)19)3-4-10(11)16/h3-4,7,9,12-13,18H,5-6H2,1-2H3,(H2,17,19). The van der Waals surface area contributed by atoms with E-state index < -0.39 is 5.91 Å². The van der Waals surface area contributed by atoms with Crippen molar-refractivity contribution in [2.75, 3.05) is 11.9 Å². The highest BCUT2D eigenvalue weighted by Gasteiger charge is 2.59. The van der Waals surface area contributed by atoms with Crippen molar-refractivity contribution >= 4 is 11.6 Å². The molecule has 1 aliphatic carbocycles. The maximum Gasteiger partial charge on any atom is 0.248 e. The Hall–Kier alpha value is -1.62. The minimum Gasteiger partial charge on any atom is -0.379 e. The third-order valence-electron chi connectivity index (χ3n) is 4.66. The fourth-order valence-electron chi connectivity index (χ4n) is 3.57. The Morgan fingerprint density at radius 1 is 1.50 bits per heavy atom. The first-order chi connectivity index (χ1) is 9.41. The van der Waals surface area contributed by atoms with Crippen molar-refractivity contribution in [3.63, 3.8) is 0 Å². The zero-order chi connectivity index (χ0) is 14.5. The molecule has 1 amide bonds. The predicted molar refractivity (Wildman–Crippen MR) is 74.0 cm³/mol. The SMILES string of the molecule is CC1(C)C(Nc2cc(C(N)=O)ccc2F)C2CCOC21. The second kappa shape index (κ2) is 4.45. The molecule has 2 aliphatic rings. The molecule has 1 saturated heterocycles. The van der Waals surface area contributed by atoms with E-state index >= 15 is 0 Å². The van der Waals surface area contributed by atoms with Gasteiger partial charge in [-0.3, -0.25) is 4.79 Å². The molecule has 1 aliphatic heterocycles. The molecule has 3 unspecified atom stereocenters. The van der Waals surface area contributed by atoms with Gasteiger partial charge >= 0.3 is 0 Å². The van der Waals surface area contributed by atoms with E-state index in [-0.39, 0.29) is 23.4 Å². The molecule has 20 heavy (non-hydrogen) atoms. The third kappa shape index (κ3) is 1.88. The average Bonchev–Trinajstić information content (AvgIpc) is 2.84. The second-order valence-corrected chi connectivity index (χ2v) is 6.25. The van der Waals surface area contributed by atoms with Crippen molar-refractivity contribution in [3.8, 4) is 0 Å². The summed E-state index contributed by atoms with van der Waals surface area (Å²) in [5.74, 6) is -0.516. The van der Waals surface area contributed by atoms with Crippen LogP contribution in [0.2, 0.25) is 0 Å². The van der Waals surface area contributed by atoms with Gasteiger partial charge < -0.3 is 15.8 Å². The smallest absolute Gasteiger partial charge is 0.248 e. The third-order valence-corrected chi connectivity index (χ3v) is 4.66. The van der Waals surface area contributed by atoms with Crippen molar-refractivity contribution in [2.45, 2.75) is 32.4 Å². The Morgan fingerprint density at radius 2 is 2.25 bits per heavy atom. The highest BCUT2D eigenvalue weighted by Crippen LogP contribution is 2.53. The monoisotopic (exact) mass is 278 g/mol. The van der Waals surface area contributed by atoms with Gasteiger partial charge in [0.05, 0.1) is 11.8 Å². The Morgan fingerprint density at radius 3 is 2.95 bits per heavy atom. The number of carbonyl (C=O) groups is 1. The first-order valence-electron chi connectivity index (χ1n) is 6.89. The van der Waals surface area contributed by atoms with Gasteiger partial charge in [-0.15, -0.1) is 0 Å². The van der Waals surface area contributed by atoms with Crippen LogP contribution in [-0.4, -0.2) is 24.7 Å². The fourth-order valence-corrected chi connectivity index (χ4v) is 3.57. The highest BCUT2D eigenvalue weighted by molar-refractivity contribution is 5.93. The number of hydrogen-bond acceptors (Lipinski definition) is 3. The molecular weight excluding hydrogens is 259 g/mol. The summed E-state index contributed by atoms with van der Waals surface area (Å²) in [4.78, 5) is 11.2. The summed E-state index contributed by atoms with van der Waals surface area (Å²) >= 11 is 0. The molecule has 5 heteroatoms. The molecule has 3 atom stereocenters. The number of halogens is 1. The Labute approximate surface area is 117 Å². The summed E-state index contributed by atoms with van der Waals surface area (Å²) in [5.41, 5.74) is 5.84. The Bertz CT molecular complexity index is 559. The molecule has 0 spiro atoms. The van der Waals surface area contributed by atoms with Crippen LogP contribution in [0, 0.1) is 17.2 Å². The number of fused-ring (bicyclic) bond motifs is 1. The van der Waals surface area contributed by atoms with Gasteiger partial charge in [0.15, 0.2) is 0 Å². The van der Waals surface area contributed by atoms with Crippen LogP contribution in [0.3, 0.4) is 0 Å². The van der Waals surface area contributed by atoms with Crippen LogP contribution in [0.15, 0.2) is 18.2 Å². The molecule has 0 aromatic heterocycles. The number of nitrogens with one attached hydrogen (secondary N) is 1. The first-order valence-corrected chi connectivity index (χ1v) is 6.89. The summed E-state index contributed by atoms with van der Waals surface area (Å²) in [6.45, 7) is 5.00. The van der Waals surface area contributed by atoms with E-state index in [0.717, 1.165) is 13.0 Å². The van der Waals surface area contributed by atoms with Crippen molar-refractivity contribution in [2.24, 2.45) is 17.1 Å². The summed E-state index contributed by atoms with van der Waals surface area (Å²) in [6.07, 6.45) is 1.23. The van der Waals surface area contributed by atoms with Gasteiger partial charge in [-0.05, 0) is 24.6 Å². The first kappa shape index (κ1) is 13.4. The number of carbonyl (C=O) groups excluding carboxylic acids is 1. The number of amides is 1. The van der Waals surface area contributed by atoms with Gasteiger partial charge in [0, 0.05) is 29.5 Å². The van der Waals surface area contributed by atoms with Crippen LogP contribution < -0.4 is 11.1 Å². The Kier molecular flexibility index (Phi) is 2.97. The largest absolute Gasteiger partial charge is 0.379 e. The van der Waals surface area contributed by atoms with E-state index in [2.05, 4.69) is 19.2 Å². The molecule has 4 nitrogen and oxygen atoms in total. The Balaban J connectivity index is 1.84. The number of nitrogens with two attached hydrogens (primary N) is 1. The van der Waals surface area contributed by atoms with Crippen LogP contribution in [-0.2, 0) is 4.74 Å². The van der Waals surface area contributed by atoms with E-state index in [1.165, 1.54) is 18.2 Å². The number of anilines is 1. The van der Waals surface area contributed by atoms with E-state index in [1.54, 1.807) is 0 Å². The van der Waals surface area contributed by atoms with Crippen molar-refractivity contribution in [1.29, 1.82) is 0 Å². The van der Waals surface area contributed by atoms with Crippen LogP contribution in [0.4, 0.5) is 10.1 Å². The van der Waals surface area contributed by atoms with E-state index in [4.69, 9.17) is 10.5 Å². The summed E-state index contributed by atoms with van der Waals surface area (Å²) in [6, 6.07) is 4.30. The van der Waals surface area contributed by atoms with E-state index in [1.807, 2.05) is 0 Å². The molecule has 3 rings (SSSR count). The average molecular weight is 278 g/mol. The summed E-state index contributed by atoms with van der Waals surface area (Å²) in [7, 11) is 0. The van der Waals surface area contributed by atoms with Crippen LogP contribution in [0.25, 0.3) is 0 Å². The minimum absolute atomic E-state index is 0.0453. The van der Waals surface area contributed by atoms with Crippen molar-refractivity contribution < 1.29 is 13.9 Å². The molecule has 1 aromatic rings. The van der Waals surface area contributed by atoms with Crippen LogP contribution >= 0.6 is 0 Å². The van der Waals surface area contributed by atoms with Gasteiger partial charge in [0.1, 0.15) is 5.82 Å². The molecule has 2 fully saturated rings. The number of ether oxygens (including phenoxy) is 1. The van der Waals surface area contributed by atoms with E-state index in [9.17, 15) is 9.18 Å². The molecule has 0 bridgehead atoms. The quantitative estimate of drug-likeness (QED) is 0.890. The molecule has 1 heterocycles. The topological polar surface area (TPSA) is 64.3 Å². The van der Waals surface area contributed by atoms with Gasteiger partial charge in [-0.2, -0.15) is 0 Å². The maximum atomic E-state index is 13.9. The molecule has 108 valence electrons. The van der Waals surface area contributed by atoms with Gasteiger partial charge in [-0.25, -0.2) is 4.39 Å². The van der Waals surface area contributed by atoms with Crippen molar-refractivity contribution in [1.82, 2.24) is 0 Å². The zero-order valence-electron chi connectivity index (χ0n) is 11.7. The lowest BCUT2D eigenvalue weighted by Crippen LogP contribution is -2.63. The molecular formula is C15H19FN2O2. The number of hydrogen-bond donors (Lipinski definition) is 2. The summed E-state index contributed by atoms with van der Waals surface area (Å²) in [5, 5.41) is 3.24. The van der Waals surface area contributed by atoms with Gasteiger partial charge in [0.2, 0.25) is 5.91 Å². The van der Waals surface area contributed by atoms with Gasteiger partial charge in [0.25, 0.3) is 0 Å². The molecule has 0 radical (unpaired) electrons. The van der Waals surface area contributed by atoms with Crippen LogP contribution in [0.1, 0.15) is 30.6 Å². The summed E-state index contributed by atoms with van der Waals surface area (Å²) < 4.78 is 19.6. The van der Waals surface area contributed by atoms with E-state index in [0.29, 0.717) is 17.2 Å². The number of primary amides is 1. The molecule has 1 aromatic carbocycles. The van der Waals surface area contributed by atoms with Gasteiger partial charge in [-0.1, -0.05) is 13.8 Å². The zero-order valence-corrected chi connectivity index (χ0v) is 11.7. The molecule has 1 saturated carbocycles. The normalized spacial score (nSPS) is 30.4. The highest BCUT2D eigenvalue weighted by atomic mass is 19.1. The fraction of sp³-hybridized carbons (Fsp3) is 0.533. The lowest BCUT2D eigenvalue weighted by molar-refractivity contribution is -0.0923. The predicted octanol–water partition coefficient (Wildman–Crippen LogP) is 2.15.